The molecule has 102 valence electrons. The fraction of sp³-hybridized carbons (Fsp3) is 0.333. The van der Waals surface area contributed by atoms with Gasteiger partial charge < -0.3 is 9.73 Å². The molecule has 0 aliphatic carbocycles. The lowest BCUT2D eigenvalue weighted by Crippen LogP contribution is -2.24. The van der Waals surface area contributed by atoms with Gasteiger partial charge in [0.2, 0.25) is 0 Å². The molecule has 1 atom stereocenters. The van der Waals surface area contributed by atoms with E-state index in [1.807, 2.05) is 18.2 Å². The molecule has 0 fully saturated rings. The maximum Gasteiger partial charge on any atom is 0.0935 e. The summed E-state index contributed by atoms with van der Waals surface area (Å²) in [6, 6.07) is 8.27. The summed E-state index contributed by atoms with van der Waals surface area (Å²) in [5, 5.41) is 4.31. The molecule has 2 rings (SSSR count). The molecule has 0 saturated carbocycles. The zero-order chi connectivity index (χ0) is 13.7. The molecule has 0 aliphatic heterocycles. The van der Waals surface area contributed by atoms with E-state index < -0.39 is 0 Å². The van der Waals surface area contributed by atoms with Gasteiger partial charge in [-0.1, -0.05) is 34.5 Å². The van der Waals surface area contributed by atoms with Crippen LogP contribution in [-0.2, 0) is 6.42 Å². The van der Waals surface area contributed by atoms with Crippen molar-refractivity contribution in [2.75, 3.05) is 6.54 Å². The molecule has 1 aromatic carbocycles. The van der Waals surface area contributed by atoms with Crippen molar-refractivity contribution in [3.05, 3.63) is 57.4 Å². The van der Waals surface area contributed by atoms with Crippen LogP contribution in [0.25, 0.3) is 0 Å². The van der Waals surface area contributed by atoms with E-state index in [1.54, 1.807) is 12.5 Å². The molecule has 0 spiro atoms. The molecule has 1 N–H and O–H groups in total. The first kappa shape index (κ1) is 14.6. The summed E-state index contributed by atoms with van der Waals surface area (Å²) in [5.41, 5.74) is 2.37. The van der Waals surface area contributed by atoms with E-state index in [4.69, 9.17) is 16.0 Å². The number of furan rings is 1. The molecule has 0 amide bonds. The standard InChI is InChI=1S/C15H17BrClNO/c1-2-4-18-15(6-11-3-5-19-10-11)12-7-13(16)9-14(17)8-12/h3,5,7-10,15,18H,2,4,6H2,1H3. The fourth-order valence-electron chi connectivity index (χ4n) is 2.05. The first-order chi connectivity index (χ1) is 9.19. The Morgan fingerprint density at radius 3 is 2.84 bits per heavy atom. The number of rotatable bonds is 6. The van der Waals surface area contributed by atoms with E-state index >= 15 is 0 Å². The number of hydrogen-bond acceptors (Lipinski definition) is 2. The maximum atomic E-state index is 6.13. The summed E-state index contributed by atoms with van der Waals surface area (Å²) in [4.78, 5) is 0. The second-order valence-corrected chi connectivity index (χ2v) is 5.90. The van der Waals surface area contributed by atoms with Crippen LogP contribution in [0.3, 0.4) is 0 Å². The highest BCUT2D eigenvalue weighted by Gasteiger charge is 2.13. The second kappa shape index (κ2) is 7.13. The van der Waals surface area contributed by atoms with Gasteiger partial charge in [0, 0.05) is 15.5 Å². The van der Waals surface area contributed by atoms with Crippen molar-refractivity contribution in [2.24, 2.45) is 0 Å². The van der Waals surface area contributed by atoms with Crippen LogP contribution in [0.4, 0.5) is 0 Å². The smallest absolute Gasteiger partial charge is 0.0935 e. The highest BCUT2D eigenvalue weighted by Crippen LogP contribution is 2.26. The van der Waals surface area contributed by atoms with Gasteiger partial charge in [0.05, 0.1) is 12.5 Å². The quantitative estimate of drug-likeness (QED) is 0.801. The Bertz CT molecular complexity index is 493. The Balaban J connectivity index is 2.20. The highest BCUT2D eigenvalue weighted by atomic mass is 79.9. The van der Waals surface area contributed by atoms with E-state index in [9.17, 15) is 0 Å². The van der Waals surface area contributed by atoms with Gasteiger partial charge in [-0.2, -0.15) is 0 Å². The van der Waals surface area contributed by atoms with Gasteiger partial charge in [0.25, 0.3) is 0 Å². The van der Waals surface area contributed by atoms with Gasteiger partial charge in [-0.15, -0.1) is 0 Å². The predicted molar refractivity (Wildman–Crippen MR) is 82.6 cm³/mol. The Kier molecular flexibility index (Phi) is 5.49. The number of halogens is 2. The lowest BCUT2D eigenvalue weighted by molar-refractivity contribution is 0.520. The van der Waals surface area contributed by atoms with Crippen molar-refractivity contribution in [1.29, 1.82) is 0 Å². The zero-order valence-electron chi connectivity index (χ0n) is 10.8. The van der Waals surface area contributed by atoms with Crippen LogP contribution < -0.4 is 5.32 Å². The van der Waals surface area contributed by atoms with Crippen LogP contribution >= 0.6 is 27.5 Å². The van der Waals surface area contributed by atoms with Crippen molar-refractivity contribution in [2.45, 2.75) is 25.8 Å². The molecule has 1 unspecified atom stereocenters. The Morgan fingerprint density at radius 1 is 1.37 bits per heavy atom. The Labute approximate surface area is 127 Å². The van der Waals surface area contributed by atoms with E-state index in [0.717, 1.165) is 28.9 Å². The van der Waals surface area contributed by atoms with Gasteiger partial charge in [0.15, 0.2) is 0 Å². The summed E-state index contributed by atoms with van der Waals surface area (Å²) in [6.07, 6.45) is 5.49. The van der Waals surface area contributed by atoms with E-state index in [2.05, 4.69) is 34.2 Å². The Hall–Kier alpha value is -0.770. The summed E-state index contributed by atoms with van der Waals surface area (Å²) in [6.45, 7) is 3.14. The van der Waals surface area contributed by atoms with E-state index in [0.29, 0.717) is 0 Å². The van der Waals surface area contributed by atoms with Crippen LogP contribution in [-0.4, -0.2) is 6.54 Å². The summed E-state index contributed by atoms with van der Waals surface area (Å²) >= 11 is 9.63. The van der Waals surface area contributed by atoms with Crippen molar-refractivity contribution in [3.63, 3.8) is 0 Å². The van der Waals surface area contributed by atoms with Crippen LogP contribution in [0, 0.1) is 0 Å². The minimum atomic E-state index is 0.243. The molecule has 0 bridgehead atoms. The summed E-state index contributed by atoms with van der Waals surface area (Å²) in [7, 11) is 0. The van der Waals surface area contributed by atoms with Crippen LogP contribution in [0.2, 0.25) is 5.02 Å². The molecular weight excluding hydrogens is 326 g/mol. The average molecular weight is 343 g/mol. The number of nitrogens with one attached hydrogen (secondary N) is 1. The molecule has 0 radical (unpaired) electrons. The van der Waals surface area contributed by atoms with Crippen molar-refractivity contribution >= 4 is 27.5 Å². The van der Waals surface area contributed by atoms with E-state index in [1.165, 1.54) is 11.1 Å². The molecule has 2 nitrogen and oxygen atoms in total. The monoisotopic (exact) mass is 341 g/mol. The first-order valence-corrected chi connectivity index (χ1v) is 7.56. The average Bonchev–Trinajstić information content (AvgIpc) is 2.86. The minimum Gasteiger partial charge on any atom is -0.472 e. The molecule has 0 aliphatic rings. The van der Waals surface area contributed by atoms with Gasteiger partial charge >= 0.3 is 0 Å². The maximum absolute atomic E-state index is 6.13. The van der Waals surface area contributed by atoms with Crippen molar-refractivity contribution in [1.82, 2.24) is 5.32 Å². The van der Waals surface area contributed by atoms with Crippen LogP contribution in [0.5, 0.6) is 0 Å². The largest absolute Gasteiger partial charge is 0.472 e. The molecule has 1 aromatic heterocycles. The summed E-state index contributed by atoms with van der Waals surface area (Å²) in [5.74, 6) is 0. The number of benzene rings is 1. The fourth-order valence-corrected chi connectivity index (χ4v) is 2.93. The lowest BCUT2D eigenvalue weighted by atomic mass is 10.0. The summed E-state index contributed by atoms with van der Waals surface area (Å²) < 4.78 is 6.15. The molecule has 4 heteroatoms. The molecular formula is C15H17BrClNO. The third-order valence-electron chi connectivity index (χ3n) is 2.95. The topological polar surface area (TPSA) is 25.2 Å². The molecule has 19 heavy (non-hydrogen) atoms. The number of hydrogen-bond donors (Lipinski definition) is 1. The normalized spacial score (nSPS) is 12.6. The van der Waals surface area contributed by atoms with Crippen molar-refractivity contribution < 1.29 is 4.42 Å². The van der Waals surface area contributed by atoms with Gasteiger partial charge in [-0.25, -0.2) is 0 Å². The van der Waals surface area contributed by atoms with Gasteiger partial charge in [-0.05, 0) is 54.8 Å². The zero-order valence-corrected chi connectivity index (χ0v) is 13.2. The molecule has 2 aromatic rings. The molecule has 1 heterocycles. The van der Waals surface area contributed by atoms with Gasteiger partial charge in [0.1, 0.15) is 0 Å². The third-order valence-corrected chi connectivity index (χ3v) is 3.62. The van der Waals surface area contributed by atoms with Crippen LogP contribution in [0.15, 0.2) is 45.7 Å². The van der Waals surface area contributed by atoms with Gasteiger partial charge in [-0.3, -0.25) is 0 Å². The van der Waals surface area contributed by atoms with Crippen molar-refractivity contribution in [3.8, 4) is 0 Å². The van der Waals surface area contributed by atoms with E-state index in [-0.39, 0.29) is 6.04 Å². The Morgan fingerprint density at radius 2 is 2.21 bits per heavy atom. The SMILES string of the molecule is CCCNC(Cc1ccoc1)c1cc(Cl)cc(Br)c1. The molecule has 0 saturated heterocycles. The predicted octanol–water partition coefficient (Wildman–Crippen LogP) is 4.98. The first-order valence-electron chi connectivity index (χ1n) is 6.39. The third kappa shape index (κ3) is 4.37. The highest BCUT2D eigenvalue weighted by molar-refractivity contribution is 9.10. The lowest BCUT2D eigenvalue weighted by Gasteiger charge is -2.19. The van der Waals surface area contributed by atoms with Crippen LogP contribution in [0.1, 0.15) is 30.5 Å². The minimum absolute atomic E-state index is 0.243. The second-order valence-electron chi connectivity index (χ2n) is 4.55.